The van der Waals surface area contributed by atoms with Crippen molar-refractivity contribution in [2.24, 2.45) is 10.9 Å². The summed E-state index contributed by atoms with van der Waals surface area (Å²) in [6.45, 7) is 0. The fraction of sp³-hybridized carbons (Fsp3) is 0.500. The Morgan fingerprint density at radius 1 is 1.43 bits per heavy atom. The van der Waals surface area contributed by atoms with Gasteiger partial charge in [0, 0.05) is 17.0 Å². The number of nitrogen functional groups attached to an aromatic ring is 1. The number of amides is 1. The van der Waals surface area contributed by atoms with E-state index in [1.54, 1.807) is 12.1 Å². The van der Waals surface area contributed by atoms with Gasteiger partial charge in [0.1, 0.15) is 5.82 Å². The van der Waals surface area contributed by atoms with Crippen LogP contribution in [0.4, 0.5) is 14.9 Å². The largest absolute Gasteiger partial charge is 0.465 e. The van der Waals surface area contributed by atoms with Gasteiger partial charge in [-0.2, -0.15) is 0 Å². The first-order valence-corrected chi connectivity index (χ1v) is 8.78. The zero-order valence-electron chi connectivity index (χ0n) is 12.7. The zero-order valence-corrected chi connectivity index (χ0v) is 13.5. The third-order valence-electron chi connectivity index (χ3n) is 4.68. The van der Waals surface area contributed by atoms with Crippen molar-refractivity contribution >= 4 is 28.7 Å². The van der Waals surface area contributed by atoms with Crippen molar-refractivity contribution in [3.05, 3.63) is 29.6 Å². The van der Waals surface area contributed by atoms with Crippen molar-refractivity contribution in [2.45, 2.75) is 37.6 Å². The minimum absolute atomic E-state index is 0.186. The Bertz CT molecular complexity index is 652. The molecule has 23 heavy (non-hydrogen) atoms. The van der Waals surface area contributed by atoms with E-state index in [1.807, 2.05) is 0 Å². The molecule has 2 atom stereocenters. The smallest absolute Gasteiger partial charge is 0.410 e. The molecule has 2 aliphatic rings. The fourth-order valence-corrected chi connectivity index (χ4v) is 4.80. The van der Waals surface area contributed by atoms with Gasteiger partial charge in [-0.05, 0) is 37.0 Å². The number of amidine groups is 1. The molecule has 1 aliphatic carbocycles. The predicted molar refractivity (Wildman–Crippen MR) is 90.1 cm³/mol. The molecule has 0 bridgehead atoms. The van der Waals surface area contributed by atoms with E-state index in [1.165, 1.54) is 17.8 Å². The highest BCUT2D eigenvalue weighted by Crippen LogP contribution is 2.49. The maximum Gasteiger partial charge on any atom is 0.410 e. The van der Waals surface area contributed by atoms with Crippen LogP contribution in [0.2, 0.25) is 0 Å². The first-order valence-electron chi connectivity index (χ1n) is 7.79. The third-order valence-corrected chi connectivity index (χ3v) is 5.71. The number of carboxylic acid groups (broad SMARTS) is 1. The van der Waals surface area contributed by atoms with Crippen molar-refractivity contribution in [2.75, 3.05) is 11.5 Å². The first kappa shape index (κ1) is 16.1. The van der Waals surface area contributed by atoms with Crippen LogP contribution >= 0.6 is 11.8 Å². The maximum absolute atomic E-state index is 14.6. The van der Waals surface area contributed by atoms with E-state index >= 15 is 0 Å². The lowest BCUT2D eigenvalue weighted by Crippen LogP contribution is -2.42. The van der Waals surface area contributed by atoms with Crippen molar-refractivity contribution in [1.29, 1.82) is 0 Å². The Hall–Kier alpha value is -1.76. The van der Waals surface area contributed by atoms with E-state index in [2.05, 4.69) is 5.32 Å². The van der Waals surface area contributed by atoms with Gasteiger partial charge in [-0.15, -0.1) is 0 Å². The van der Waals surface area contributed by atoms with Crippen LogP contribution in [0.25, 0.3) is 0 Å². The number of anilines is 1. The topological polar surface area (TPSA) is 87.7 Å². The summed E-state index contributed by atoms with van der Waals surface area (Å²) in [5.74, 6) is 0.593. The number of carbonyl (C=O) groups is 1. The Kier molecular flexibility index (Phi) is 4.48. The number of aliphatic imine (C=N–C) groups is 1. The molecule has 1 amide bonds. The third kappa shape index (κ3) is 3.15. The SMILES string of the molecule is Nc1ccc(F)c([C@]23CCCCC[C@H]2CSC(NC(=O)O)=N3)c1. The van der Waals surface area contributed by atoms with Crippen LogP contribution in [0, 0.1) is 11.7 Å². The maximum atomic E-state index is 14.6. The van der Waals surface area contributed by atoms with Crippen molar-refractivity contribution in [3.63, 3.8) is 0 Å². The van der Waals surface area contributed by atoms with Crippen LogP contribution < -0.4 is 11.1 Å². The van der Waals surface area contributed by atoms with Gasteiger partial charge < -0.3 is 10.8 Å². The minimum Gasteiger partial charge on any atom is -0.465 e. The number of benzene rings is 1. The van der Waals surface area contributed by atoms with Gasteiger partial charge in [0.15, 0.2) is 5.17 Å². The molecule has 1 saturated carbocycles. The van der Waals surface area contributed by atoms with Crippen LogP contribution in [0.5, 0.6) is 0 Å². The summed E-state index contributed by atoms with van der Waals surface area (Å²) in [5, 5.41) is 11.7. The highest BCUT2D eigenvalue weighted by atomic mass is 32.2. The molecule has 1 aliphatic heterocycles. The second kappa shape index (κ2) is 6.39. The highest BCUT2D eigenvalue weighted by molar-refractivity contribution is 8.13. The summed E-state index contributed by atoms with van der Waals surface area (Å²) in [4.78, 5) is 15.7. The van der Waals surface area contributed by atoms with E-state index in [0.717, 1.165) is 31.4 Å². The number of nitrogens with one attached hydrogen (secondary N) is 1. The normalized spacial score (nSPS) is 27.5. The summed E-state index contributed by atoms with van der Waals surface area (Å²) in [6.07, 6.45) is 3.65. The quantitative estimate of drug-likeness (QED) is 0.684. The molecule has 0 saturated heterocycles. The molecular formula is C16H20FN3O2S. The number of nitrogens with zero attached hydrogens (tertiary/aromatic N) is 1. The summed E-state index contributed by atoms with van der Waals surface area (Å²) in [7, 11) is 0. The first-order chi connectivity index (χ1) is 11.0. The number of hydrogen-bond acceptors (Lipinski definition) is 4. The van der Waals surface area contributed by atoms with E-state index in [0.29, 0.717) is 22.8 Å². The number of hydrogen-bond donors (Lipinski definition) is 3. The molecule has 7 heteroatoms. The van der Waals surface area contributed by atoms with Gasteiger partial charge in [0.25, 0.3) is 0 Å². The molecule has 4 N–H and O–H groups in total. The van der Waals surface area contributed by atoms with E-state index in [-0.39, 0.29) is 11.7 Å². The molecule has 1 heterocycles. The predicted octanol–water partition coefficient (Wildman–Crippen LogP) is 3.55. The molecule has 3 rings (SSSR count). The van der Waals surface area contributed by atoms with E-state index in [4.69, 9.17) is 15.8 Å². The summed E-state index contributed by atoms with van der Waals surface area (Å²) >= 11 is 1.39. The monoisotopic (exact) mass is 337 g/mol. The average molecular weight is 337 g/mol. The summed E-state index contributed by atoms with van der Waals surface area (Å²) < 4.78 is 14.6. The van der Waals surface area contributed by atoms with Crippen LogP contribution in [-0.4, -0.2) is 22.1 Å². The molecule has 124 valence electrons. The summed E-state index contributed by atoms with van der Waals surface area (Å²) in [6, 6.07) is 4.58. The lowest BCUT2D eigenvalue weighted by molar-refractivity contribution is 0.200. The standard InChI is InChI=1S/C16H20FN3O2S/c17-13-6-5-11(18)8-12(13)16-7-3-1-2-4-10(16)9-23-14(20-16)19-15(21)22/h5-6,8,10H,1-4,7,9,18H2,(H,19,20)(H,21,22)/t10-,16-/m0/s1. The Morgan fingerprint density at radius 2 is 2.26 bits per heavy atom. The van der Waals surface area contributed by atoms with Gasteiger partial charge in [-0.3, -0.25) is 10.3 Å². The molecule has 1 fully saturated rings. The number of rotatable bonds is 1. The molecule has 5 nitrogen and oxygen atoms in total. The number of halogens is 1. The van der Waals surface area contributed by atoms with Gasteiger partial charge in [-0.1, -0.05) is 31.0 Å². The fourth-order valence-electron chi connectivity index (χ4n) is 3.61. The highest BCUT2D eigenvalue weighted by Gasteiger charge is 2.45. The van der Waals surface area contributed by atoms with Crippen molar-refractivity contribution < 1.29 is 14.3 Å². The van der Waals surface area contributed by atoms with Crippen LogP contribution in [-0.2, 0) is 5.54 Å². The molecule has 0 aromatic heterocycles. The lowest BCUT2D eigenvalue weighted by Gasteiger charge is -2.40. The lowest BCUT2D eigenvalue weighted by atomic mass is 9.75. The Balaban J connectivity index is 2.12. The molecule has 1 aromatic rings. The minimum atomic E-state index is -1.15. The molecule has 0 radical (unpaired) electrons. The van der Waals surface area contributed by atoms with Gasteiger partial charge in [-0.25, -0.2) is 9.18 Å². The molecule has 0 spiro atoms. The average Bonchev–Trinajstić information content (AvgIpc) is 2.71. The van der Waals surface area contributed by atoms with Crippen molar-refractivity contribution in [3.8, 4) is 0 Å². The molecule has 0 unspecified atom stereocenters. The van der Waals surface area contributed by atoms with E-state index < -0.39 is 11.6 Å². The number of fused-ring (bicyclic) bond motifs is 1. The zero-order chi connectivity index (χ0) is 16.4. The number of thioether (sulfide) groups is 1. The van der Waals surface area contributed by atoms with Crippen LogP contribution in [0.3, 0.4) is 0 Å². The number of nitrogens with two attached hydrogens (primary N) is 1. The van der Waals surface area contributed by atoms with Gasteiger partial charge in [0.05, 0.1) is 5.54 Å². The second-order valence-electron chi connectivity index (χ2n) is 6.12. The summed E-state index contributed by atoms with van der Waals surface area (Å²) in [5.41, 5.74) is 6.15. The van der Waals surface area contributed by atoms with Gasteiger partial charge >= 0.3 is 6.09 Å². The van der Waals surface area contributed by atoms with Crippen LogP contribution in [0.1, 0.15) is 37.7 Å². The van der Waals surface area contributed by atoms with Gasteiger partial charge in [0.2, 0.25) is 0 Å². The molecule has 1 aromatic carbocycles. The Labute approximate surface area is 138 Å². The second-order valence-corrected chi connectivity index (χ2v) is 7.13. The van der Waals surface area contributed by atoms with Crippen LogP contribution in [0.15, 0.2) is 23.2 Å². The Morgan fingerprint density at radius 3 is 3.04 bits per heavy atom. The van der Waals surface area contributed by atoms with Crippen molar-refractivity contribution in [1.82, 2.24) is 5.32 Å². The van der Waals surface area contributed by atoms with E-state index in [9.17, 15) is 9.18 Å². The molecular weight excluding hydrogens is 317 g/mol.